The number of diazo groups is 1. The molecule has 0 amide bonds. The van der Waals surface area contributed by atoms with Crippen molar-refractivity contribution in [2.45, 2.75) is 13.8 Å². The van der Waals surface area contributed by atoms with Gasteiger partial charge in [-0.1, -0.05) is 6.07 Å². The van der Waals surface area contributed by atoms with Crippen molar-refractivity contribution in [3.05, 3.63) is 34.3 Å². The van der Waals surface area contributed by atoms with Gasteiger partial charge in [0.2, 0.25) is 5.39 Å². The highest BCUT2D eigenvalue weighted by atomic mass is 14.8. The van der Waals surface area contributed by atoms with Crippen molar-refractivity contribution >= 4 is 5.69 Å². The Morgan fingerprint density at radius 2 is 1.90 bits per heavy atom. The summed E-state index contributed by atoms with van der Waals surface area (Å²) in [5.74, 6) is 0. The van der Waals surface area contributed by atoms with Crippen LogP contribution in [0.25, 0.3) is 4.98 Å². The summed E-state index contributed by atoms with van der Waals surface area (Å²) < 4.78 is 0. The Labute approximate surface area is 60.1 Å². The van der Waals surface area contributed by atoms with Gasteiger partial charge in [-0.2, -0.15) is 0 Å². The molecular formula is C8H9N2+. The van der Waals surface area contributed by atoms with Gasteiger partial charge in [-0.05, 0) is 25.0 Å². The average Bonchev–Trinajstić information content (AvgIpc) is 1.95. The molecule has 0 spiro atoms. The zero-order valence-electron chi connectivity index (χ0n) is 6.13. The molecule has 0 saturated carbocycles. The average molecular weight is 133 g/mol. The molecule has 0 radical (unpaired) electrons. The summed E-state index contributed by atoms with van der Waals surface area (Å²) in [6, 6.07) is 5.56. The lowest BCUT2D eigenvalue weighted by Gasteiger charge is -1.92. The highest BCUT2D eigenvalue weighted by Gasteiger charge is 2.03. The van der Waals surface area contributed by atoms with Crippen molar-refractivity contribution in [1.29, 1.82) is 5.39 Å². The molecule has 2 heteroatoms. The van der Waals surface area contributed by atoms with Crippen LogP contribution < -0.4 is 0 Å². The van der Waals surface area contributed by atoms with Gasteiger partial charge in [-0.25, -0.2) is 0 Å². The predicted octanol–water partition coefficient (Wildman–Crippen LogP) is 2.79. The summed E-state index contributed by atoms with van der Waals surface area (Å²) in [5.41, 5.74) is 2.98. The van der Waals surface area contributed by atoms with Crippen LogP contribution in [0.5, 0.6) is 0 Å². The lowest BCUT2D eigenvalue weighted by atomic mass is 10.1. The van der Waals surface area contributed by atoms with Crippen LogP contribution in [0, 0.1) is 19.2 Å². The minimum Gasteiger partial charge on any atom is -0.0510 e. The number of rotatable bonds is 0. The Morgan fingerprint density at radius 3 is 2.40 bits per heavy atom. The van der Waals surface area contributed by atoms with Crippen LogP contribution >= 0.6 is 0 Å². The summed E-state index contributed by atoms with van der Waals surface area (Å²) in [7, 11) is 0. The molecule has 0 aliphatic carbocycles. The van der Waals surface area contributed by atoms with Crippen molar-refractivity contribution < 1.29 is 0 Å². The first-order chi connectivity index (χ1) is 4.74. The Hall–Kier alpha value is -1.36. The molecule has 0 fully saturated rings. The third-order valence-electron chi connectivity index (χ3n) is 1.61. The van der Waals surface area contributed by atoms with E-state index in [9.17, 15) is 0 Å². The van der Waals surface area contributed by atoms with E-state index in [1.54, 1.807) is 6.07 Å². The second-order valence-electron chi connectivity index (χ2n) is 2.37. The van der Waals surface area contributed by atoms with Crippen LogP contribution in [0.3, 0.4) is 0 Å². The lowest BCUT2D eigenvalue weighted by Crippen LogP contribution is -1.76. The molecule has 0 atom stereocenters. The molecule has 10 heavy (non-hydrogen) atoms. The number of aryl methyl sites for hydroxylation is 2. The van der Waals surface area contributed by atoms with Gasteiger partial charge in [-0.3, -0.25) is 0 Å². The highest BCUT2D eigenvalue weighted by molar-refractivity contribution is 5.48. The predicted molar refractivity (Wildman–Crippen MR) is 40.7 cm³/mol. The Morgan fingerprint density at radius 1 is 1.20 bits per heavy atom. The van der Waals surface area contributed by atoms with Crippen molar-refractivity contribution in [2.75, 3.05) is 0 Å². The molecule has 0 N–H and O–H groups in total. The maximum absolute atomic E-state index is 8.38. The second-order valence-corrected chi connectivity index (χ2v) is 2.37. The molecule has 1 aromatic rings. The Kier molecular flexibility index (Phi) is 1.68. The van der Waals surface area contributed by atoms with Gasteiger partial charge in [0.05, 0.1) is 0 Å². The minimum atomic E-state index is 0.614. The van der Waals surface area contributed by atoms with Crippen LogP contribution in [-0.4, -0.2) is 0 Å². The SMILES string of the molecule is Cc1ccc([N+]#N)cc1C. The van der Waals surface area contributed by atoms with Crippen LogP contribution in [0.15, 0.2) is 18.2 Å². The quantitative estimate of drug-likeness (QED) is 0.500. The van der Waals surface area contributed by atoms with Crippen molar-refractivity contribution in [3.63, 3.8) is 0 Å². The second kappa shape index (κ2) is 2.49. The maximum atomic E-state index is 8.38. The molecule has 0 saturated heterocycles. The largest absolute Gasteiger partial charge is 0.385 e. The van der Waals surface area contributed by atoms with Gasteiger partial charge >= 0.3 is 5.69 Å². The summed E-state index contributed by atoms with van der Waals surface area (Å²) >= 11 is 0. The first kappa shape index (κ1) is 6.76. The van der Waals surface area contributed by atoms with E-state index >= 15 is 0 Å². The fourth-order valence-electron chi connectivity index (χ4n) is 0.788. The van der Waals surface area contributed by atoms with Crippen molar-refractivity contribution in [1.82, 2.24) is 0 Å². The molecule has 0 bridgehead atoms. The molecular weight excluding hydrogens is 124 g/mol. The summed E-state index contributed by atoms with van der Waals surface area (Å²) in [6.45, 7) is 4.01. The lowest BCUT2D eigenvalue weighted by molar-refractivity contribution is 1.34. The Bertz CT molecular complexity index is 284. The van der Waals surface area contributed by atoms with Gasteiger partial charge < -0.3 is 0 Å². The molecule has 1 aromatic carbocycles. The van der Waals surface area contributed by atoms with Crippen LogP contribution in [-0.2, 0) is 0 Å². The zero-order chi connectivity index (χ0) is 7.56. The smallest absolute Gasteiger partial charge is 0.0510 e. The number of nitrogens with zero attached hydrogens (tertiary/aromatic N) is 2. The van der Waals surface area contributed by atoms with E-state index in [0.717, 1.165) is 5.56 Å². The van der Waals surface area contributed by atoms with Crippen LogP contribution in [0.4, 0.5) is 5.69 Å². The van der Waals surface area contributed by atoms with E-state index in [0.29, 0.717) is 5.69 Å². The van der Waals surface area contributed by atoms with E-state index in [4.69, 9.17) is 5.39 Å². The first-order valence-electron chi connectivity index (χ1n) is 3.16. The van der Waals surface area contributed by atoms with E-state index in [2.05, 4.69) is 4.98 Å². The van der Waals surface area contributed by atoms with Gasteiger partial charge in [0.1, 0.15) is 0 Å². The normalized spacial score (nSPS) is 8.90. The topological polar surface area (TPSA) is 28.1 Å². The van der Waals surface area contributed by atoms with Crippen molar-refractivity contribution in [3.8, 4) is 0 Å². The van der Waals surface area contributed by atoms with Gasteiger partial charge in [0.15, 0.2) is 4.98 Å². The molecule has 2 nitrogen and oxygen atoms in total. The molecule has 0 heterocycles. The van der Waals surface area contributed by atoms with E-state index in [-0.39, 0.29) is 0 Å². The third-order valence-corrected chi connectivity index (χ3v) is 1.61. The van der Waals surface area contributed by atoms with Crippen LogP contribution in [0.2, 0.25) is 0 Å². The molecule has 1 rings (SSSR count). The summed E-state index contributed by atoms with van der Waals surface area (Å²) in [6.07, 6.45) is 0. The number of benzene rings is 1. The summed E-state index contributed by atoms with van der Waals surface area (Å²) in [4.78, 5) is 3.07. The zero-order valence-corrected chi connectivity index (χ0v) is 6.13. The van der Waals surface area contributed by atoms with E-state index in [1.807, 2.05) is 26.0 Å². The first-order valence-corrected chi connectivity index (χ1v) is 3.16. The van der Waals surface area contributed by atoms with Gasteiger partial charge in [-0.15, -0.1) is 0 Å². The standard InChI is InChI=1S/C8H9N2/c1-6-3-4-8(10-9)5-7(6)2/h3-5H,1-2H3/q+1. The summed E-state index contributed by atoms with van der Waals surface area (Å²) in [5, 5.41) is 8.38. The molecule has 0 aliphatic rings. The minimum absolute atomic E-state index is 0.614. The van der Waals surface area contributed by atoms with Crippen molar-refractivity contribution in [2.24, 2.45) is 0 Å². The monoisotopic (exact) mass is 133 g/mol. The van der Waals surface area contributed by atoms with Gasteiger partial charge in [0.25, 0.3) is 0 Å². The van der Waals surface area contributed by atoms with Crippen LogP contribution in [0.1, 0.15) is 11.1 Å². The number of hydrogen-bond acceptors (Lipinski definition) is 1. The van der Waals surface area contributed by atoms with E-state index < -0.39 is 0 Å². The highest BCUT2D eigenvalue weighted by Crippen LogP contribution is 2.16. The van der Waals surface area contributed by atoms with E-state index in [1.165, 1.54) is 5.56 Å². The molecule has 0 aliphatic heterocycles. The van der Waals surface area contributed by atoms with Gasteiger partial charge in [0, 0.05) is 12.1 Å². The number of hydrogen-bond donors (Lipinski definition) is 0. The fourth-order valence-corrected chi connectivity index (χ4v) is 0.788. The molecule has 0 unspecified atom stereocenters. The fraction of sp³-hybridized carbons (Fsp3) is 0.250. The molecule has 0 aromatic heterocycles. The molecule has 50 valence electrons. The maximum Gasteiger partial charge on any atom is 0.385 e. The Balaban J connectivity index is 3.20. The third kappa shape index (κ3) is 1.14.